The van der Waals surface area contributed by atoms with Gasteiger partial charge in [0.2, 0.25) is 0 Å². The van der Waals surface area contributed by atoms with Crippen molar-refractivity contribution in [3.8, 4) is 5.75 Å². The molecule has 0 heterocycles. The van der Waals surface area contributed by atoms with Gasteiger partial charge in [-0.15, -0.1) is 0 Å². The van der Waals surface area contributed by atoms with Crippen LogP contribution < -0.4 is 10.1 Å². The molecule has 5 heteroatoms. The molecular formula is C17H18ClNO3. The SMILES string of the molecule is COCc1cccc(NC(=O)[C@H](C)Oc2ccccc2Cl)c1. The number of hydrogen-bond acceptors (Lipinski definition) is 3. The molecule has 0 aliphatic heterocycles. The number of hydrogen-bond donors (Lipinski definition) is 1. The van der Waals surface area contributed by atoms with Gasteiger partial charge in [0.25, 0.3) is 5.91 Å². The van der Waals surface area contributed by atoms with Gasteiger partial charge >= 0.3 is 0 Å². The monoisotopic (exact) mass is 319 g/mol. The predicted molar refractivity (Wildman–Crippen MR) is 87.3 cm³/mol. The van der Waals surface area contributed by atoms with Crippen molar-refractivity contribution in [1.29, 1.82) is 0 Å². The lowest BCUT2D eigenvalue weighted by Gasteiger charge is -2.16. The lowest BCUT2D eigenvalue weighted by Crippen LogP contribution is -2.30. The number of amides is 1. The second-order valence-electron chi connectivity index (χ2n) is 4.81. The Labute approximate surface area is 135 Å². The molecule has 4 nitrogen and oxygen atoms in total. The number of para-hydroxylation sites is 1. The van der Waals surface area contributed by atoms with Crippen molar-refractivity contribution in [3.05, 3.63) is 59.1 Å². The highest BCUT2D eigenvalue weighted by Gasteiger charge is 2.16. The van der Waals surface area contributed by atoms with Crippen molar-refractivity contribution in [2.45, 2.75) is 19.6 Å². The minimum Gasteiger partial charge on any atom is -0.479 e. The minimum absolute atomic E-state index is 0.241. The van der Waals surface area contributed by atoms with Crippen LogP contribution in [0.3, 0.4) is 0 Å². The van der Waals surface area contributed by atoms with Crippen molar-refractivity contribution in [2.75, 3.05) is 12.4 Å². The van der Waals surface area contributed by atoms with Gasteiger partial charge in [-0.25, -0.2) is 0 Å². The van der Waals surface area contributed by atoms with Crippen LogP contribution in [0, 0.1) is 0 Å². The summed E-state index contributed by atoms with van der Waals surface area (Å²) in [7, 11) is 1.63. The summed E-state index contributed by atoms with van der Waals surface area (Å²) < 4.78 is 10.7. The van der Waals surface area contributed by atoms with Crippen molar-refractivity contribution in [2.24, 2.45) is 0 Å². The second-order valence-corrected chi connectivity index (χ2v) is 5.22. The summed E-state index contributed by atoms with van der Waals surface area (Å²) >= 11 is 6.02. The predicted octanol–water partition coefficient (Wildman–Crippen LogP) is 3.89. The Morgan fingerprint density at radius 3 is 2.73 bits per heavy atom. The molecule has 0 unspecified atom stereocenters. The molecule has 1 atom stereocenters. The van der Waals surface area contributed by atoms with E-state index >= 15 is 0 Å². The van der Waals surface area contributed by atoms with Crippen LogP contribution in [0.15, 0.2) is 48.5 Å². The summed E-state index contributed by atoms with van der Waals surface area (Å²) in [5, 5.41) is 3.29. The lowest BCUT2D eigenvalue weighted by atomic mass is 10.2. The molecule has 0 saturated heterocycles. The lowest BCUT2D eigenvalue weighted by molar-refractivity contribution is -0.122. The Kier molecular flexibility index (Phi) is 5.81. The van der Waals surface area contributed by atoms with E-state index in [0.29, 0.717) is 23.1 Å². The summed E-state index contributed by atoms with van der Waals surface area (Å²) in [5.41, 5.74) is 1.69. The smallest absolute Gasteiger partial charge is 0.265 e. The standard InChI is InChI=1S/C17H18ClNO3/c1-12(22-16-9-4-3-8-15(16)18)17(20)19-14-7-5-6-13(10-14)11-21-2/h3-10,12H,11H2,1-2H3,(H,19,20)/t12-/m0/s1. The van der Waals surface area contributed by atoms with Gasteiger partial charge in [-0.2, -0.15) is 0 Å². The maximum atomic E-state index is 12.2. The molecule has 0 saturated carbocycles. The molecule has 0 aliphatic rings. The minimum atomic E-state index is -0.661. The average molecular weight is 320 g/mol. The quantitative estimate of drug-likeness (QED) is 0.878. The Morgan fingerprint density at radius 1 is 1.23 bits per heavy atom. The topological polar surface area (TPSA) is 47.6 Å². The van der Waals surface area contributed by atoms with Crippen LogP contribution in [0.4, 0.5) is 5.69 Å². The molecule has 0 aromatic heterocycles. The zero-order valence-corrected chi connectivity index (χ0v) is 13.3. The van der Waals surface area contributed by atoms with Crippen LogP contribution in [0.25, 0.3) is 0 Å². The highest BCUT2D eigenvalue weighted by Crippen LogP contribution is 2.24. The molecule has 116 valence electrons. The highest BCUT2D eigenvalue weighted by atomic mass is 35.5. The number of rotatable bonds is 6. The van der Waals surface area contributed by atoms with Gasteiger partial charge in [0.05, 0.1) is 11.6 Å². The summed E-state index contributed by atoms with van der Waals surface area (Å²) in [5.74, 6) is 0.245. The number of carbonyl (C=O) groups excluding carboxylic acids is 1. The highest BCUT2D eigenvalue weighted by molar-refractivity contribution is 6.32. The zero-order valence-electron chi connectivity index (χ0n) is 12.5. The Balaban J connectivity index is 1.99. The zero-order chi connectivity index (χ0) is 15.9. The van der Waals surface area contributed by atoms with E-state index in [1.54, 1.807) is 38.3 Å². The van der Waals surface area contributed by atoms with Crippen molar-refractivity contribution in [1.82, 2.24) is 0 Å². The van der Waals surface area contributed by atoms with Gasteiger partial charge in [0.1, 0.15) is 5.75 Å². The molecule has 0 fully saturated rings. The summed E-state index contributed by atoms with van der Waals surface area (Å²) in [6.45, 7) is 2.17. The van der Waals surface area contributed by atoms with Crippen LogP contribution >= 0.6 is 11.6 Å². The molecule has 2 aromatic carbocycles. The molecule has 22 heavy (non-hydrogen) atoms. The van der Waals surface area contributed by atoms with E-state index in [-0.39, 0.29) is 5.91 Å². The average Bonchev–Trinajstić information content (AvgIpc) is 2.50. The summed E-state index contributed by atoms with van der Waals surface area (Å²) in [6, 6.07) is 14.5. The number of ether oxygens (including phenoxy) is 2. The normalized spacial score (nSPS) is 11.8. The molecule has 2 aromatic rings. The Hall–Kier alpha value is -2.04. The van der Waals surface area contributed by atoms with Crippen LogP contribution in [0.2, 0.25) is 5.02 Å². The Morgan fingerprint density at radius 2 is 2.00 bits per heavy atom. The van der Waals surface area contributed by atoms with Gasteiger partial charge in [-0.1, -0.05) is 35.9 Å². The fraction of sp³-hybridized carbons (Fsp3) is 0.235. The first-order valence-corrected chi connectivity index (χ1v) is 7.28. The number of carbonyl (C=O) groups is 1. The van der Waals surface area contributed by atoms with Gasteiger partial charge in [-0.3, -0.25) is 4.79 Å². The van der Waals surface area contributed by atoms with Crippen LogP contribution in [-0.4, -0.2) is 19.1 Å². The van der Waals surface area contributed by atoms with E-state index < -0.39 is 6.10 Å². The number of benzene rings is 2. The van der Waals surface area contributed by atoms with E-state index in [4.69, 9.17) is 21.1 Å². The molecule has 0 radical (unpaired) electrons. The number of halogens is 1. The molecule has 1 amide bonds. The molecule has 0 spiro atoms. The largest absolute Gasteiger partial charge is 0.479 e. The van der Waals surface area contributed by atoms with E-state index in [2.05, 4.69) is 5.32 Å². The van der Waals surface area contributed by atoms with Gasteiger partial charge in [0, 0.05) is 12.8 Å². The maximum absolute atomic E-state index is 12.2. The van der Waals surface area contributed by atoms with Gasteiger partial charge in [0.15, 0.2) is 6.10 Å². The fourth-order valence-corrected chi connectivity index (χ4v) is 2.11. The van der Waals surface area contributed by atoms with Crippen LogP contribution in [-0.2, 0) is 16.1 Å². The van der Waals surface area contributed by atoms with E-state index in [1.165, 1.54) is 0 Å². The third kappa shape index (κ3) is 4.48. The molecule has 0 bridgehead atoms. The molecule has 2 rings (SSSR count). The molecular weight excluding hydrogens is 302 g/mol. The van der Waals surface area contributed by atoms with Gasteiger partial charge < -0.3 is 14.8 Å². The number of methoxy groups -OCH3 is 1. The summed E-state index contributed by atoms with van der Waals surface area (Å²) in [4.78, 5) is 12.2. The van der Waals surface area contributed by atoms with Crippen molar-refractivity contribution in [3.63, 3.8) is 0 Å². The first-order valence-electron chi connectivity index (χ1n) is 6.90. The number of anilines is 1. The third-order valence-electron chi connectivity index (χ3n) is 3.02. The molecule has 1 N–H and O–H groups in total. The maximum Gasteiger partial charge on any atom is 0.265 e. The molecule has 0 aliphatic carbocycles. The Bertz CT molecular complexity index is 645. The van der Waals surface area contributed by atoms with Crippen LogP contribution in [0.5, 0.6) is 5.75 Å². The summed E-state index contributed by atoms with van der Waals surface area (Å²) in [6.07, 6.45) is -0.661. The second kappa shape index (κ2) is 7.82. The van der Waals surface area contributed by atoms with Gasteiger partial charge in [-0.05, 0) is 36.8 Å². The van der Waals surface area contributed by atoms with Crippen molar-refractivity contribution < 1.29 is 14.3 Å². The van der Waals surface area contributed by atoms with E-state index in [1.807, 2.05) is 24.3 Å². The first-order chi connectivity index (χ1) is 10.6. The van der Waals surface area contributed by atoms with Crippen molar-refractivity contribution >= 4 is 23.2 Å². The van der Waals surface area contributed by atoms with Crippen LogP contribution in [0.1, 0.15) is 12.5 Å². The van der Waals surface area contributed by atoms with E-state index in [0.717, 1.165) is 5.56 Å². The first kappa shape index (κ1) is 16.3. The third-order valence-corrected chi connectivity index (χ3v) is 3.33. The number of nitrogens with one attached hydrogen (secondary N) is 1. The van der Waals surface area contributed by atoms with E-state index in [9.17, 15) is 4.79 Å². The fourth-order valence-electron chi connectivity index (χ4n) is 1.93.